The Morgan fingerprint density at radius 3 is 2.44 bits per heavy atom. The molecule has 0 saturated carbocycles. The first-order valence-corrected chi connectivity index (χ1v) is 7.79. The van der Waals surface area contributed by atoms with Crippen molar-refractivity contribution in [1.82, 2.24) is 9.80 Å². The van der Waals surface area contributed by atoms with Crippen LogP contribution in [0.5, 0.6) is 0 Å². The summed E-state index contributed by atoms with van der Waals surface area (Å²) < 4.78 is 36.7. The van der Waals surface area contributed by atoms with E-state index in [4.69, 9.17) is 0 Å². The van der Waals surface area contributed by atoms with E-state index in [-0.39, 0.29) is 0 Å². The molecule has 18 heavy (non-hydrogen) atoms. The third kappa shape index (κ3) is 4.03. The van der Waals surface area contributed by atoms with Gasteiger partial charge in [-0.1, -0.05) is 27.7 Å². The molecule has 8 heteroatoms. The summed E-state index contributed by atoms with van der Waals surface area (Å²) in [6.07, 6.45) is -4.09. The fourth-order valence-electron chi connectivity index (χ4n) is 2.01. The summed E-state index contributed by atoms with van der Waals surface area (Å²) in [7, 11) is 0. The van der Waals surface area contributed by atoms with Gasteiger partial charge in [0.05, 0.1) is 13.1 Å². The number of alkyl halides is 4. The van der Waals surface area contributed by atoms with Crippen molar-refractivity contribution in [2.24, 2.45) is 4.99 Å². The first kappa shape index (κ1) is 14.5. The quantitative estimate of drug-likeness (QED) is 0.713. The number of hydrogen-bond donors (Lipinski definition) is 0. The number of aliphatic imine (C=N–C) groups is 1. The zero-order valence-corrected chi connectivity index (χ0v) is 12.2. The lowest BCUT2D eigenvalue weighted by Crippen LogP contribution is -2.50. The Kier molecular flexibility index (Phi) is 4.82. The van der Waals surface area contributed by atoms with Crippen LogP contribution in [0.25, 0.3) is 0 Å². The van der Waals surface area contributed by atoms with Crippen molar-refractivity contribution in [3.63, 3.8) is 0 Å². The molecule has 0 spiro atoms. The first-order valence-electron chi connectivity index (χ1n) is 5.79. The Morgan fingerprint density at radius 1 is 1.28 bits per heavy atom. The summed E-state index contributed by atoms with van der Waals surface area (Å²) in [6, 6.07) is 0. The van der Waals surface area contributed by atoms with Crippen LogP contribution < -0.4 is 0 Å². The maximum atomic E-state index is 12.2. The van der Waals surface area contributed by atoms with Crippen LogP contribution in [0, 0.1) is 0 Å². The first-order chi connectivity index (χ1) is 8.48. The molecule has 0 N–H and O–H groups in total. The van der Waals surface area contributed by atoms with E-state index < -0.39 is 12.7 Å². The molecule has 0 radical (unpaired) electrons. The van der Waals surface area contributed by atoms with Crippen LogP contribution in [0.4, 0.5) is 13.2 Å². The minimum atomic E-state index is -4.09. The Labute approximate surface area is 117 Å². The summed E-state index contributed by atoms with van der Waals surface area (Å²) in [4.78, 5) is 8.00. The maximum Gasteiger partial charge on any atom is 0.401 e. The smallest absolute Gasteiger partial charge is 0.349 e. The van der Waals surface area contributed by atoms with Gasteiger partial charge in [-0.2, -0.15) is 13.2 Å². The van der Waals surface area contributed by atoms with Crippen molar-refractivity contribution in [3.8, 4) is 0 Å². The minimum Gasteiger partial charge on any atom is -0.349 e. The SMILES string of the molecule is FC(F)(F)CN1CCN(C2=NCC(CBr)S2)CC1. The van der Waals surface area contributed by atoms with Gasteiger partial charge < -0.3 is 4.90 Å². The van der Waals surface area contributed by atoms with Crippen molar-refractivity contribution < 1.29 is 13.2 Å². The lowest BCUT2D eigenvalue weighted by Gasteiger charge is -2.35. The van der Waals surface area contributed by atoms with Crippen LogP contribution in [0.15, 0.2) is 4.99 Å². The van der Waals surface area contributed by atoms with E-state index in [0.29, 0.717) is 31.4 Å². The number of thioether (sulfide) groups is 1. The Balaban J connectivity index is 1.77. The molecule has 2 aliphatic rings. The van der Waals surface area contributed by atoms with Crippen molar-refractivity contribution in [2.45, 2.75) is 11.4 Å². The molecule has 104 valence electrons. The molecule has 1 saturated heterocycles. The maximum absolute atomic E-state index is 12.2. The second-order valence-electron chi connectivity index (χ2n) is 4.40. The molecular weight excluding hydrogens is 331 g/mol. The Morgan fingerprint density at radius 2 is 1.94 bits per heavy atom. The molecule has 1 fully saturated rings. The topological polar surface area (TPSA) is 18.8 Å². The van der Waals surface area contributed by atoms with Crippen LogP contribution in [0.1, 0.15) is 0 Å². The zero-order chi connectivity index (χ0) is 13.2. The lowest BCUT2D eigenvalue weighted by molar-refractivity contribution is -0.148. The molecular formula is C10H15BrF3N3S. The van der Waals surface area contributed by atoms with Gasteiger partial charge in [0.15, 0.2) is 5.17 Å². The van der Waals surface area contributed by atoms with E-state index in [1.165, 1.54) is 4.90 Å². The molecule has 2 rings (SSSR count). The molecule has 1 unspecified atom stereocenters. The molecule has 0 bridgehead atoms. The highest BCUT2D eigenvalue weighted by molar-refractivity contribution is 9.09. The molecule has 1 atom stereocenters. The summed E-state index contributed by atoms with van der Waals surface area (Å²) in [6.45, 7) is 2.18. The van der Waals surface area contributed by atoms with E-state index >= 15 is 0 Å². The van der Waals surface area contributed by atoms with Crippen LogP contribution >= 0.6 is 27.7 Å². The fraction of sp³-hybridized carbons (Fsp3) is 0.900. The van der Waals surface area contributed by atoms with Gasteiger partial charge in [0.2, 0.25) is 0 Å². The molecule has 0 amide bonds. The average Bonchev–Trinajstić information content (AvgIpc) is 2.76. The van der Waals surface area contributed by atoms with E-state index in [9.17, 15) is 13.2 Å². The van der Waals surface area contributed by atoms with E-state index in [1.807, 2.05) is 0 Å². The highest BCUT2D eigenvalue weighted by atomic mass is 79.9. The summed E-state index contributed by atoms with van der Waals surface area (Å²) in [5.41, 5.74) is 0. The highest BCUT2D eigenvalue weighted by Gasteiger charge is 2.33. The second kappa shape index (κ2) is 6.00. The van der Waals surface area contributed by atoms with E-state index in [2.05, 4.69) is 25.8 Å². The van der Waals surface area contributed by atoms with Gasteiger partial charge in [-0.25, -0.2) is 0 Å². The minimum absolute atomic E-state index is 0.456. The molecule has 0 aromatic carbocycles. The van der Waals surface area contributed by atoms with Gasteiger partial charge in [0.1, 0.15) is 0 Å². The standard InChI is InChI=1S/C10H15BrF3N3S/c11-5-8-6-15-9(18-8)17-3-1-16(2-4-17)7-10(12,13)14/h8H,1-7H2. The molecule has 0 aliphatic carbocycles. The van der Waals surface area contributed by atoms with Crippen molar-refractivity contribution >= 4 is 32.9 Å². The molecule has 2 heterocycles. The van der Waals surface area contributed by atoms with E-state index in [0.717, 1.165) is 17.0 Å². The normalized spacial score (nSPS) is 26.6. The fourth-order valence-corrected chi connectivity index (χ4v) is 3.60. The lowest BCUT2D eigenvalue weighted by atomic mass is 10.3. The summed E-state index contributed by atoms with van der Waals surface area (Å²) in [5.74, 6) is 0. The number of amidine groups is 1. The van der Waals surface area contributed by atoms with Gasteiger partial charge in [-0.15, -0.1) is 0 Å². The monoisotopic (exact) mass is 345 g/mol. The number of hydrogen-bond acceptors (Lipinski definition) is 4. The van der Waals surface area contributed by atoms with Gasteiger partial charge in [0, 0.05) is 36.8 Å². The molecule has 3 nitrogen and oxygen atoms in total. The Hall–Kier alpha value is 0.0500. The summed E-state index contributed by atoms with van der Waals surface area (Å²) in [5, 5.41) is 2.36. The van der Waals surface area contributed by atoms with Crippen LogP contribution in [0.3, 0.4) is 0 Å². The van der Waals surface area contributed by atoms with Crippen molar-refractivity contribution in [1.29, 1.82) is 0 Å². The molecule has 2 aliphatic heterocycles. The summed E-state index contributed by atoms with van der Waals surface area (Å²) >= 11 is 5.14. The van der Waals surface area contributed by atoms with Gasteiger partial charge in [0.25, 0.3) is 0 Å². The van der Waals surface area contributed by atoms with Crippen molar-refractivity contribution in [3.05, 3.63) is 0 Å². The number of halogens is 4. The predicted octanol–water partition coefficient (Wildman–Crippen LogP) is 2.03. The molecule has 0 aromatic rings. The van der Waals surface area contributed by atoms with Crippen LogP contribution in [-0.2, 0) is 0 Å². The number of rotatable bonds is 2. The Bertz CT molecular complexity index is 316. The van der Waals surface area contributed by atoms with Gasteiger partial charge in [-0.3, -0.25) is 9.89 Å². The van der Waals surface area contributed by atoms with Crippen LogP contribution in [0.2, 0.25) is 0 Å². The van der Waals surface area contributed by atoms with Crippen molar-refractivity contribution in [2.75, 3.05) is 44.6 Å². The third-order valence-corrected chi connectivity index (χ3v) is 5.38. The van der Waals surface area contributed by atoms with Gasteiger partial charge in [-0.05, 0) is 0 Å². The number of piperazine rings is 1. The average molecular weight is 346 g/mol. The zero-order valence-electron chi connectivity index (χ0n) is 9.79. The predicted molar refractivity (Wildman–Crippen MR) is 71.5 cm³/mol. The van der Waals surface area contributed by atoms with Gasteiger partial charge >= 0.3 is 6.18 Å². The van der Waals surface area contributed by atoms with Crippen LogP contribution in [-0.4, -0.2) is 71.0 Å². The molecule has 0 aromatic heterocycles. The largest absolute Gasteiger partial charge is 0.401 e. The number of nitrogens with zero attached hydrogens (tertiary/aromatic N) is 3. The highest BCUT2D eigenvalue weighted by Crippen LogP contribution is 2.26. The second-order valence-corrected chi connectivity index (χ2v) is 6.31. The van der Waals surface area contributed by atoms with E-state index in [1.54, 1.807) is 11.8 Å². The third-order valence-electron chi connectivity index (χ3n) is 2.92.